The van der Waals surface area contributed by atoms with Crippen molar-refractivity contribution in [3.63, 3.8) is 0 Å². The van der Waals surface area contributed by atoms with Crippen molar-refractivity contribution < 1.29 is 23.7 Å². The summed E-state index contributed by atoms with van der Waals surface area (Å²) in [5.41, 5.74) is 3.07. The fourth-order valence-electron chi connectivity index (χ4n) is 6.98. The molecule has 2 N–H and O–H groups in total. The van der Waals surface area contributed by atoms with Crippen LogP contribution in [0.15, 0.2) is 94.2 Å². The number of benzene rings is 2. The van der Waals surface area contributed by atoms with E-state index in [0.29, 0.717) is 65.3 Å². The number of nitriles is 2. The molecule has 2 fully saturated rings. The molecule has 0 aliphatic carbocycles. The van der Waals surface area contributed by atoms with Crippen LogP contribution in [0.1, 0.15) is 71.3 Å². The number of carboxylic acid groups (broad SMARTS) is 1. The van der Waals surface area contributed by atoms with Gasteiger partial charge in [0.1, 0.15) is 23.8 Å². The van der Waals surface area contributed by atoms with Crippen LogP contribution in [0.2, 0.25) is 0 Å². The van der Waals surface area contributed by atoms with Crippen LogP contribution < -0.4 is 15.1 Å². The first-order valence-corrected chi connectivity index (χ1v) is 19.5. The zero-order chi connectivity index (χ0) is 43.7. The quantitative estimate of drug-likeness (QED) is 0.198. The highest BCUT2D eigenvalue weighted by molar-refractivity contribution is 5.95. The molecule has 312 valence electrons. The van der Waals surface area contributed by atoms with Gasteiger partial charge in [-0.15, -0.1) is 0 Å². The maximum Gasteiger partial charge on any atom is 0.335 e. The van der Waals surface area contributed by atoms with E-state index in [-0.39, 0.29) is 22.5 Å². The zero-order valence-corrected chi connectivity index (χ0v) is 34.8. The first-order valence-electron chi connectivity index (χ1n) is 19.5. The van der Waals surface area contributed by atoms with Crippen LogP contribution in [0.3, 0.4) is 0 Å². The van der Waals surface area contributed by atoms with Crippen molar-refractivity contribution in [3.05, 3.63) is 119 Å². The number of carboxylic acids is 1. The van der Waals surface area contributed by atoms with E-state index in [1.165, 1.54) is 12.1 Å². The summed E-state index contributed by atoms with van der Waals surface area (Å²) >= 11 is 0. The number of carbonyl (C=O) groups excluding carboxylic acids is 1. The summed E-state index contributed by atoms with van der Waals surface area (Å²) in [6.45, 7) is 16.6. The van der Waals surface area contributed by atoms with E-state index in [1.54, 1.807) is 56.6 Å². The number of hydrogen-bond donors (Lipinski definition) is 2. The summed E-state index contributed by atoms with van der Waals surface area (Å²) in [6, 6.07) is 25.2. The molecule has 17 nitrogen and oxygen atoms in total. The second kappa shape index (κ2) is 18.6. The molecule has 17 heteroatoms. The highest BCUT2D eigenvalue weighted by Gasteiger charge is 2.37. The minimum atomic E-state index is -0.975. The van der Waals surface area contributed by atoms with Gasteiger partial charge in [0, 0.05) is 87.7 Å². The smallest absolute Gasteiger partial charge is 0.335 e. The van der Waals surface area contributed by atoms with Crippen LogP contribution in [0.4, 0.5) is 11.6 Å². The number of aromatic nitrogens is 6. The monoisotopic (exact) mass is 822 g/mol. The summed E-state index contributed by atoms with van der Waals surface area (Å²) in [4.78, 5) is 47.3. The van der Waals surface area contributed by atoms with Gasteiger partial charge in [0.15, 0.2) is 0 Å². The van der Waals surface area contributed by atoms with Gasteiger partial charge in [0.05, 0.1) is 22.2 Å². The summed E-state index contributed by atoms with van der Waals surface area (Å²) in [7, 11) is 0. The van der Waals surface area contributed by atoms with Gasteiger partial charge in [0.25, 0.3) is 5.91 Å². The third-order valence-electron chi connectivity index (χ3n) is 10.1. The van der Waals surface area contributed by atoms with Crippen molar-refractivity contribution in [2.75, 3.05) is 49.1 Å². The van der Waals surface area contributed by atoms with Crippen molar-refractivity contribution in [3.8, 4) is 34.9 Å². The Labute approximate surface area is 353 Å². The SMILES string of the molecule is CC1(C)CNCCN1c1ccc(C#N)cn1.Cc1nc(-c2cccc(C(=O)N3CCN(c4ccc(C#N)cn4)C(C)(C)C3)c2)no1.Cc1nc(-c2cccc(C(=O)O)c2)no1. The van der Waals surface area contributed by atoms with E-state index in [4.69, 9.17) is 24.7 Å². The Bertz CT molecular complexity index is 2550. The van der Waals surface area contributed by atoms with Crippen molar-refractivity contribution >= 4 is 23.5 Å². The Balaban J connectivity index is 0.000000169. The minimum Gasteiger partial charge on any atom is -0.478 e. The fourth-order valence-corrected chi connectivity index (χ4v) is 6.98. The van der Waals surface area contributed by atoms with Gasteiger partial charge >= 0.3 is 5.97 Å². The second-order valence-corrected chi connectivity index (χ2v) is 15.6. The van der Waals surface area contributed by atoms with Gasteiger partial charge in [-0.05, 0) is 76.2 Å². The van der Waals surface area contributed by atoms with E-state index >= 15 is 0 Å². The van der Waals surface area contributed by atoms with Gasteiger partial charge in [-0.1, -0.05) is 34.6 Å². The number of hydrogen-bond acceptors (Lipinski definition) is 15. The molecule has 0 spiro atoms. The third kappa shape index (κ3) is 10.6. The third-order valence-corrected chi connectivity index (χ3v) is 10.1. The fraction of sp³-hybridized carbons (Fsp3) is 0.318. The highest BCUT2D eigenvalue weighted by atomic mass is 16.5. The summed E-state index contributed by atoms with van der Waals surface area (Å²) in [5.74, 6) is 2.55. The van der Waals surface area contributed by atoms with Crippen molar-refractivity contribution in [2.24, 2.45) is 0 Å². The van der Waals surface area contributed by atoms with Crippen LogP contribution in [-0.2, 0) is 0 Å². The molecule has 0 bridgehead atoms. The van der Waals surface area contributed by atoms with Crippen LogP contribution >= 0.6 is 0 Å². The molecule has 2 saturated heterocycles. The number of nitrogens with zero attached hydrogens (tertiary/aromatic N) is 11. The second-order valence-electron chi connectivity index (χ2n) is 15.6. The van der Waals surface area contributed by atoms with Crippen LogP contribution in [0.5, 0.6) is 0 Å². The van der Waals surface area contributed by atoms with Crippen molar-refractivity contribution in [1.29, 1.82) is 10.5 Å². The lowest BCUT2D eigenvalue weighted by Gasteiger charge is -2.47. The predicted octanol–water partition coefficient (Wildman–Crippen LogP) is 5.94. The van der Waals surface area contributed by atoms with Crippen molar-refractivity contribution in [2.45, 2.75) is 52.6 Å². The van der Waals surface area contributed by atoms with Crippen LogP contribution in [-0.4, -0.2) is 102 Å². The molecule has 2 aliphatic rings. The predicted molar refractivity (Wildman–Crippen MR) is 225 cm³/mol. The lowest BCUT2D eigenvalue weighted by molar-refractivity contribution is 0.0681. The maximum absolute atomic E-state index is 13.2. The molecule has 6 heterocycles. The number of pyridine rings is 2. The van der Waals surface area contributed by atoms with E-state index in [1.807, 2.05) is 35.2 Å². The normalized spacial score (nSPS) is 15.2. The van der Waals surface area contributed by atoms with Crippen LogP contribution in [0.25, 0.3) is 22.8 Å². The molecular formula is C44H46N12O5. The average molecular weight is 823 g/mol. The number of anilines is 2. The first kappa shape index (κ1) is 43.1. The molecule has 0 radical (unpaired) electrons. The topological polar surface area (TPSA) is 227 Å². The molecule has 6 aromatic rings. The average Bonchev–Trinajstić information content (AvgIpc) is 3.91. The Hall–Kier alpha value is -7.50. The summed E-state index contributed by atoms with van der Waals surface area (Å²) in [6.07, 6.45) is 3.21. The molecule has 0 saturated carbocycles. The number of piperazine rings is 2. The summed E-state index contributed by atoms with van der Waals surface area (Å²) < 4.78 is 9.86. The molecule has 61 heavy (non-hydrogen) atoms. The van der Waals surface area contributed by atoms with Crippen molar-refractivity contribution in [1.82, 2.24) is 40.5 Å². The first-order chi connectivity index (χ1) is 29.2. The number of carbonyl (C=O) groups is 2. The molecule has 8 rings (SSSR count). The van der Waals surface area contributed by atoms with Gasteiger partial charge < -0.3 is 34.2 Å². The van der Waals surface area contributed by atoms with Gasteiger partial charge in [-0.2, -0.15) is 20.5 Å². The molecule has 0 atom stereocenters. The zero-order valence-electron chi connectivity index (χ0n) is 34.8. The molecule has 2 aliphatic heterocycles. The van der Waals surface area contributed by atoms with E-state index < -0.39 is 5.97 Å². The van der Waals surface area contributed by atoms with E-state index in [0.717, 1.165) is 36.8 Å². The largest absolute Gasteiger partial charge is 0.478 e. The van der Waals surface area contributed by atoms with Gasteiger partial charge in [0.2, 0.25) is 23.4 Å². The molecule has 4 aromatic heterocycles. The van der Waals surface area contributed by atoms with E-state index in [9.17, 15) is 9.59 Å². The number of nitrogens with one attached hydrogen (secondary N) is 1. The number of rotatable bonds is 6. The maximum atomic E-state index is 13.2. The number of aryl methyl sites for hydroxylation is 2. The molecule has 1 amide bonds. The Morgan fingerprint density at radius 3 is 1.69 bits per heavy atom. The molecule has 2 aromatic carbocycles. The Kier molecular flexibility index (Phi) is 13.1. The van der Waals surface area contributed by atoms with Crippen LogP contribution in [0, 0.1) is 36.5 Å². The Morgan fingerprint density at radius 2 is 1.25 bits per heavy atom. The lowest BCUT2D eigenvalue weighted by atomic mass is 9.97. The lowest BCUT2D eigenvalue weighted by Crippen LogP contribution is -2.61. The van der Waals surface area contributed by atoms with Gasteiger partial charge in [-0.25, -0.2) is 14.8 Å². The van der Waals surface area contributed by atoms with Gasteiger partial charge in [-0.3, -0.25) is 4.79 Å². The van der Waals surface area contributed by atoms with E-state index in [2.05, 4.69) is 85.2 Å². The summed E-state index contributed by atoms with van der Waals surface area (Å²) in [5, 5.41) is 37.5. The molecule has 0 unspecified atom stereocenters. The molecular weight excluding hydrogens is 777 g/mol. The minimum absolute atomic E-state index is 0.0300. The standard InChI is InChI=1S/C22H22N6O2.C12H16N4.C10H8N2O3/c1-15-25-20(26-30-15)17-5-4-6-18(11-17)21(29)27-9-10-28(22(2,3)14-27)19-8-7-16(12-23)13-24-19;1-12(2)9-14-5-6-16(12)11-4-3-10(7-13)8-15-11;1-6-11-9(12-15-6)7-3-2-4-8(5-7)10(13)14/h4-8,11,13H,9-10,14H2,1-3H3;3-4,8,14H,5-6,9H2,1-2H3;2-5H,1H3,(H,13,14). The Morgan fingerprint density at radius 1 is 0.721 bits per heavy atom. The number of amides is 1. The highest BCUT2D eigenvalue weighted by Crippen LogP contribution is 2.28. The number of aromatic carboxylic acids is 1.